The number of hydrogen-bond donors (Lipinski definition) is 0. The van der Waals surface area contributed by atoms with Gasteiger partial charge in [-0.2, -0.15) is 9.34 Å². The van der Waals surface area contributed by atoms with Crippen LogP contribution in [-0.2, 0) is 6.16 Å². The minimum atomic E-state index is -1.70. The smallest absolute Gasteiger partial charge is 0.189 e. The first-order chi connectivity index (χ1) is 10.4. The molecule has 2 aromatic carbocycles. The van der Waals surface area contributed by atoms with E-state index in [1.54, 1.807) is 0 Å². The lowest BCUT2D eigenvalue weighted by Gasteiger charge is -2.37. The molecule has 0 heterocycles. The molecule has 126 valence electrons. The summed E-state index contributed by atoms with van der Waals surface area (Å²) < 4.78 is 4.78. The molecule has 23 heavy (non-hydrogen) atoms. The van der Waals surface area contributed by atoms with Crippen molar-refractivity contribution in [2.45, 2.75) is 13.1 Å². The van der Waals surface area contributed by atoms with Crippen molar-refractivity contribution in [3.05, 3.63) is 64.7 Å². The highest BCUT2D eigenvalue weighted by molar-refractivity contribution is 7.78. The van der Waals surface area contributed by atoms with E-state index < -0.39 is 7.56 Å². The quantitative estimate of drug-likeness (QED) is 0.735. The Bertz CT molecular complexity index is 622. The van der Waals surface area contributed by atoms with Gasteiger partial charge in [-0.1, -0.05) is 48.0 Å². The van der Waals surface area contributed by atoms with Gasteiger partial charge < -0.3 is 12.4 Å². The van der Waals surface area contributed by atoms with Crippen molar-refractivity contribution in [1.29, 1.82) is 0 Å². The Hall–Kier alpha value is -0.630. The lowest BCUT2D eigenvalue weighted by Crippen LogP contribution is -3.00. The molecule has 0 aliphatic heterocycles. The Balaban J connectivity index is 0.00000264. The van der Waals surface area contributed by atoms with Crippen LogP contribution in [0.1, 0.15) is 11.1 Å². The highest BCUT2D eigenvalue weighted by Crippen LogP contribution is 2.64. The Morgan fingerprint density at radius 1 is 0.913 bits per heavy atom. The summed E-state index contributed by atoms with van der Waals surface area (Å²) >= 11 is 6.32. The van der Waals surface area contributed by atoms with Crippen molar-refractivity contribution >= 4 is 24.5 Å². The summed E-state index contributed by atoms with van der Waals surface area (Å²) in [5.74, 6) is 0. The van der Waals surface area contributed by atoms with Crippen LogP contribution in [0.3, 0.4) is 0 Å². The highest BCUT2D eigenvalue weighted by atomic mass is 35.5. The zero-order valence-electron chi connectivity index (χ0n) is 14.4. The van der Waals surface area contributed by atoms with Gasteiger partial charge >= 0.3 is 0 Å². The second kappa shape index (κ2) is 8.46. The molecule has 0 amide bonds. The molecule has 0 aromatic heterocycles. The molecule has 2 aromatic rings. The monoisotopic (exact) mass is 370 g/mol. The van der Waals surface area contributed by atoms with Gasteiger partial charge in [-0.05, 0) is 24.1 Å². The van der Waals surface area contributed by atoms with Gasteiger partial charge in [0.15, 0.2) is 7.56 Å². The van der Waals surface area contributed by atoms with Crippen molar-refractivity contribution in [3.63, 3.8) is 0 Å². The van der Waals surface area contributed by atoms with Crippen LogP contribution in [0.15, 0.2) is 48.5 Å². The molecule has 2 nitrogen and oxygen atoms in total. The average Bonchev–Trinajstić information content (AvgIpc) is 2.48. The van der Waals surface area contributed by atoms with Gasteiger partial charge in [-0.3, -0.25) is 0 Å². The summed E-state index contributed by atoms with van der Waals surface area (Å²) in [6.07, 6.45) is 1.01. The molecule has 0 unspecified atom stereocenters. The standard InChI is InChI=1S/C18H25ClN2P.ClH/c1-15-11-12-17(19)13-18(15)22(20(2)3,21(4)5)14-16-9-7-6-8-10-16;/h6-13H,14H2,1-5H3;1H/q+1;/p-1. The lowest BCUT2D eigenvalue weighted by molar-refractivity contribution is -0.00000465. The minimum Gasteiger partial charge on any atom is -1.00 e. The average molecular weight is 371 g/mol. The molecule has 0 bridgehead atoms. The number of halogens is 2. The number of benzene rings is 2. The van der Waals surface area contributed by atoms with E-state index in [4.69, 9.17) is 11.6 Å². The van der Waals surface area contributed by atoms with E-state index in [1.807, 2.05) is 6.07 Å². The van der Waals surface area contributed by atoms with E-state index in [2.05, 4.69) is 86.9 Å². The maximum atomic E-state index is 6.32. The minimum absolute atomic E-state index is 0. The van der Waals surface area contributed by atoms with E-state index in [0.29, 0.717) is 0 Å². The molecule has 0 N–H and O–H groups in total. The maximum Gasteiger partial charge on any atom is 0.189 e. The van der Waals surface area contributed by atoms with Gasteiger partial charge in [0.1, 0.15) is 11.5 Å². The van der Waals surface area contributed by atoms with Crippen LogP contribution < -0.4 is 17.7 Å². The number of rotatable bonds is 5. The van der Waals surface area contributed by atoms with Crippen LogP contribution in [0.4, 0.5) is 0 Å². The Kier molecular flexibility index (Phi) is 7.51. The summed E-state index contributed by atoms with van der Waals surface area (Å²) in [5.41, 5.74) is 2.66. The van der Waals surface area contributed by atoms with Crippen molar-refractivity contribution in [1.82, 2.24) is 9.34 Å². The molecular formula is C18H25Cl2N2P. The summed E-state index contributed by atoms with van der Waals surface area (Å²) in [4.78, 5) is 0. The molecule has 2 rings (SSSR count). The van der Waals surface area contributed by atoms with Crippen molar-refractivity contribution < 1.29 is 12.4 Å². The normalized spacial score (nSPS) is 11.7. The number of nitrogens with zero attached hydrogens (tertiary/aromatic N) is 2. The van der Waals surface area contributed by atoms with E-state index in [1.165, 1.54) is 16.4 Å². The first kappa shape index (κ1) is 20.4. The summed E-state index contributed by atoms with van der Waals surface area (Å²) in [5, 5.41) is 2.17. The third kappa shape index (κ3) is 4.26. The molecule has 0 atom stereocenters. The second-order valence-electron chi connectivity index (χ2n) is 6.00. The first-order valence-electron chi connectivity index (χ1n) is 7.42. The topological polar surface area (TPSA) is 6.48 Å². The van der Waals surface area contributed by atoms with Crippen molar-refractivity contribution in [2.75, 3.05) is 28.2 Å². The molecule has 0 aliphatic carbocycles. The molecule has 0 aliphatic rings. The van der Waals surface area contributed by atoms with Gasteiger partial charge in [-0.15, -0.1) is 0 Å². The fraction of sp³-hybridized carbons (Fsp3) is 0.333. The van der Waals surface area contributed by atoms with Crippen LogP contribution >= 0.6 is 19.2 Å². The van der Waals surface area contributed by atoms with Crippen molar-refractivity contribution in [2.24, 2.45) is 0 Å². The zero-order chi connectivity index (χ0) is 16.3. The highest BCUT2D eigenvalue weighted by Gasteiger charge is 2.47. The molecule has 0 saturated heterocycles. The molecule has 0 radical (unpaired) electrons. The predicted molar refractivity (Wildman–Crippen MR) is 100 cm³/mol. The molecular weight excluding hydrogens is 346 g/mol. The Labute approximate surface area is 152 Å². The van der Waals surface area contributed by atoms with E-state index >= 15 is 0 Å². The maximum absolute atomic E-state index is 6.32. The molecule has 0 spiro atoms. The first-order valence-corrected chi connectivity index (χ1v) is 9.68. The van der Waals surface area contributed by atoms with E-state index in [-0.39, 0.29) is 12.4 Å². The summed E-state index contributed by atoms with van der Waals surface area (Å²) in [6, 6.07) is 17.0. The van der Waals surface area contributed by atoms with Gasteiger partial charge in [0.25, 0.3) is 0 Å². The Morgan fingerprint density at radius 3 is 2.00 bits per heavy atom. The fourth-order valence-electron chi connectivity index (χ4n) is 2.96. The predicted octanol–water partition coefficient (Wildman–Crippen LogP) is 1.45. The van der Waals surface area contributed by atoms with Gasteiger partial charge in [0.05, 0.1) is 0 Å². The molecule has 0 fully saturated rings. The van der Waals surface area contributed by atoms with Crippen LogP contribution in [0.5, 0.6) is 0 Å². The SMILES string of the molecule is Cc1ccc(Cl)cc1[P+](Cc1ccccc1)(N(C)C)N(C)C.[Cl-]. The van der Waals surface area contributed by atoms with Gasteiger partial charge in [0, 0.05) is 39.3 Å². The Morgan fingerprint density at radius 2 is 1.48 bits per heavy atom. The summed E-state index contributed by atoms with van der Waals surface area (Å²) in [6.45, 7) is 2.18. The third-order valence-electron chi connectivity index (χ3n) is 4.13. The van der Waals surface area contributed by atoms with Crippen LogP contribution in [0.25, 0.3) is 0 Å². The van der Waals surface area contributed by atoms with Gasteiger partial charge in [0.2, 0.25) is 0 Å². The van der Waals surface area contributed by atoms with Crippen molar-refractivity contribution in [3.8, 4) is 0 Å². The van der Waals surface area contributed by atoms with E-state index in [9.17, 15) is 0 Å². The lowest BCUT2D eigenvalue weighted by atomic mass is 10.2. The fourth-order valence-corrected chi connectivity index (χ4v) is 7.23. The zero-order valence-corrected chi connectivity index (χ0v) is 16.8. The van der Waals surface area contributed by atoms with E-state index in [0.717, 1.165) is 11.2 Å². The number of hydrogen-bond acceptors (Lipinski definition) is 2. The van der Waals surface area contributed by atoms with Gasteiger partial charge in [-0.25, -0.2) is 0 Å². The summed E-state index contributed by atoms with van der Waals surface area (Å²) in [7, 11) is 7.01. The van der Waals surface area contributed by atoms with Crippen LogP contribution in [0, 0.1) is 6.92 Å². The second-order valence-corrected chi connectivity index (χ2v) is 10.3. The number of aryl methyl sites for hydroxylation is 1. The largest absolute Gasteiger partial charge is 1.00 e. The molecule has 0 saturated carbocycles. The van der Waals surface area contributed by atoms with Crippen LogP contribution in [-0.4, -0.2) is 37.5 Å². The third-order valence-corrected chi connectivity index (χ3v) is 9.07. The molecule has 5 heteroatoms. The van der Waals surface area contributed by atoms with Crippen LogP contribution in [0.2, 0.25) is 5.02 Å².